The van der Waals surface area contributed by atoms with Gasteiger partial charge in [-0.05, 0) is 30.9 Å². The molecule has 1 heterocycles. The maximum Gasteiger partial charge on any atom is 0.252 e. The van der Waals surface area contributed by atoms with E-state index in [2.05, 4.69) is 5.32 Å². The lowest BCUT2D eigenvalue weighted by atomic mass is 9.80. The minimum Gasteiger partial charge on any atom is -0.368 e. The SMILES string of the molecule is Cc1ccccc1[C@@H]1[C@@H](C(=O)NC2(C(N)=O)CCCCC2)OCC(=O)N1C. The van der Waals surface area contributed by atoms with Crippen molar-refractivity contribution in [3.63, 3.8) is 0 Å². The monoisotopic (exact) mass is 373 g/mol. The van der Waals surface area contributed by atoms with Gasteiger partial charge in [0.25, 0.3) is 5.91 Å². The van der Waals surface area contributed by atoms with Crippen molar-refractivity contribution in [2.24, 2.45) is 5.73 Å². The predicted molar refractivity (Wildman–Crippen MR) is 99.6 cm³/mol. The zero-order valence-corrected chi connectivity index (χ0v) is 15.9. The molecule has 146 valence electrons. The summed E-state index contributed by atoms with van der Waals surface area (Å²) >= 11 is 0. The minimum atomic E-state index is -1.03. The Morgan fingerprint density at radius 3 is 2.52 bits per heavy atom. The maximum absolute atomic E-state index is 13.1. The van der Waals surface area contributed by atoms with E-state index >= 15 is 0 Å². The highest BCUT2D eigenvalue weighted by molar-refractivity contribution is 5.93. The highest BCUT2D eigenvalue weighted by Crippen LogP contribution is 2.33. The summed E-state index contributed by atoms with van der Waals surface area (Å²) in [4.78, 5) is 39.0. The number of nitrogens with one attached hydrogen (secondary N) is 1. The number of carbonyl (C=O) groups excluding carboxylic acids is 3. The van der Waals surface area contributed by atoms with Crippen LogP contribution in [0.3, 0.4) is 0 Å². The highest BCUT2D eigenvalue weighted by Gasteiger charge is 2.45. The van der Waals surface area contributed by atoms with Crippen LogP contribution in [0.15, 0.2) is 24.3 Å². The van der Waals surface area contributed by atoms with Gasteiger partial charge in [-0.2, -0.15) is 0 Å². The molecule has 0 radical (unpaired) electrons. The van der Waals surface area contributed by atoms with Crippen LogP contribution in [0.4, 0.5) is 0 Å². The van der Waals surface area contributed by atoms with Gasteiger partial charge in [0.05, 0.1) is 6.04 Å². The molecular formula is C20H27N3O4. The van der Waals surface area contributed by atoms with Crippen molar-refractivity contribution >= 4 is 17.7 Å². The van der Waals surface area contributed by atoms with Crippen LogP contribution in [-0.2, 0) is 19.1 Å². The molecule has 1 saturated carbocycles. The molecule has 1 aromatic carbocycles. The fourth-order valence-electron chi connectivity index (χ4n) is 4.12. The molecule has 7 nitrogen and oxygen atoms in total. The number of hydrogen-bond acceptors (Lipinski definition) is 4. The van der Waals surface area contributed by atoms with E-state index in [1.54, 1.807) is 11.9 Å². The first-order valence-corrected chi connectivity index (χ1v) is 9.40. The summed E-state index contributed by atoms with van der Waals surface area (Å²) in [7, 11) is 1.67. The molecule has 1 aliphatic carbocycles. The molecule has 1 aromatic rings. The molecule has 7 heteroatoms. The number of likely N-dealkylation sites (N-methyl/N-ethyl adjacent to an activating group) is 1. The van der Waals surface area contributed by atoms with Gasteiger partial charge in [-0.1, -0.05) is 43.5 Å². The molecule has 2 fully saturated rings. The first-order valence-electron chi connectivity index (χ1n) is 9.40. The van der Waals surface area contributed by atoms with Crippen molar-refractivity contribution < 1.29 is 19.1 Å². The molecular weight excluding hydrogens is 346 g/mol. The highest BCUT2D eigenvalue weighted by atomic mass is 16.5. The predicted octanol–water partition coefficient (Wildman–Crippen LogP) is 1.20. The van der Waals surface area contributed by atoms with Gasteiger partial charge >= 0.3 is 0 Å². The third-order valence-corrected chi connectivity index (χ3v) is 5.79. The van der Waals surface area contributed by atoms with E-state index in [-0.39, 0.29) is 12.5 Å². The molecule has 3 N–H and O–H groups in total. The Hall–Kier alpha value is -2.41. The third kappa shape index (κ3) is 3.69. The van der Waals surface area contributed by atoms with Gasteiger partial charge in [-0.15, -0.1) is 0 Å². The number of hydrogen-bond donors (Lipinski definition) is 2. The molecule has 3 rings (SSSR count). The van der Waals surface area contributed by atoms with Crippen LogP contribution in [0.1, 0.15) is 49.3 Å². The zero-order chi connectivity index (χ0) is 19.6. The van der Waals surface area contributed by atoms with E-state index in [9.17, 15) is 14.4 Å². The second-order valence-electron chi connectivity index (χ2n) is 7.53. The average molecular weight is 373 g/mol. The van der Waals surface area contributed by atoms with E-state index in [4.69, 9.17) is 10.5 Å². The van der Waals surface area contributed by atoms with E-state index in [0.29, 0.717) is 12.8 Å². The van der Waals surface area contributed by atoms with Crippen LogP contribution >= 0.6 is 0 Å². The Morgan fingerprint density at radius 1 is 1.22 bits per heavy atom. The van der Waals surface area contributed by atoms with E-state index in [1.807, 2.05) is 31.2 Å². The first kappa shape index (κ1) is 19.4. The van der Waals surface area contributed by atoms with Crippen molar-refractivity contribution in [1.29, 1.82) is 0 Å². The number of aryl methyl sites for hydroxylation is 1. The first-order chi connectivity index (χ1) is 12.9. The summed E-state index contributed by atoms with van der Waals surface area (Å²) in [5.41, 5.74) is 6.42. The lowest BCUT2D eigenvalue weighted by Crippen LogP contribution is -2.62. The van der Waals surface area contributed by atoms with Crippen molar-refractivity contribution in [2.75, 3.05) is 13.7 Å². The van der Waals surface area contributed by atoms with Gasteiger partial charge in [-0.3, -0.25) is 14.4 Å². The Bertz CT molecular complexity index is 742. The van der Waals surface area contributed by atoms with Gasteiger partial charge in [0.2, 0.25) is 11.8 Å². The molecule has 1 saturated heterocycles. The number of nitrogens with two attached hydrogens (primary N) is 1. The summed E-state index contributed by atoms with van der Waals surface area (Å²) in [6.07, 6.45) is 2.87. The van der Waals surface area contributed by atoms with Gasteiger partial charge in [-0.25, -0.2) is 0 Å². The number of nitrogens with zero attached hydrogens (tertiary/aromatic N) is 1. The van der Waals surface area contributed by atoms with E-state index < -0.39 is 29.5 Å². The van der Waals surface area contributed by atoms with Crippen molar-refractivity contribution in [1.82, 2.24) is 10.2 Å². The van der Waals surface area contributed by atoms with Crippen LogP contribution < -0.4 is 11.1 Å². The maximum atomic E-state index is 13.1. The average Bonchev–Trinajstić information content (AvgIpc) is 2.65. The quantitative estimate of drug-likeness (QED) is 0.828. The lowest BCUT2D eigenvalue weighted by Gasteiger charge is -2.41. The molecule has 2 atom stereocenters. The van der Waals surface area contributed by atoms with Crippen LogP contribution in [0.25, 0.3) is 0 Å². The molecule has 0 aromatic heterocycles. The van der Waals surface area contributed by atoms with Crippen molar-refractivity contribution in [3.05, 3.63) is 35.4 Å². The Balaban J connectivity index is 1.90. The number of primary amides is 1. The molecule has 27 heavy (non-hydrogen) atoms. The molecule has 0 spiro atoms. The van der Waals surface area contributed by atoms with Gasteiger partial charge in [0, 0.05) is 7.05 Å². The van der Waals surface area contributed by atoms with E-state index in [0.717, 1.165) is 30.4 Å². The number of amides is 3. The summed E-state index contributed by atoms with van der Waals surface area (Å²) in [6, 6.07) is 7.05. The summed E-state index contributed by atoms with van der Waals surface area (Å²) < 4.78 is 5.66. The lowest BCUT2D eigenvalue weighted by molar-refractivity contribution is -0.164. The van der Waals surface area contributed by atoms with E-state index in [1.165, 1.54) is 0 Å². The van der Waals surface area contributed by atoms with Gasteiger partial charge < -0.3 is 20.7 Å². The molecule has 0 unspecified atom stereocenters. The third-order valence-electron chi connectivity index (χ3n) is 5.79. The summed E-state index contributed by atoms with van der Waals surface area (Å²) in [5, 5.41) is 2.88. The fourth-order valence-corrected chi connectivity index (χ4v) is 4.12. The van der Waals surface area contributed by atoms with Crippen molar-refractivity contribution in [3.8, 4) is 0 Å². The Morgan fingerprint density at radius 2 is 1.89 bits per heavy atom. The zero-order valence-electron chi connectivity index (χ0n) is 15.9. The van der Waals surface area contributed by atoms with Crippen LogP contribution in [0, 0.1) is 6.92 Å². The topological polar surface area (TPSA) is 102 Å². The number of benzene rings is 1. The second kappa shape index (κ2) is 7.68. The van der Waals surface area contributed by atoms with Gasteiger partial charge in [0.15, 0.2) is 6.10 Å². The van der Waals surface area contributed by atoms with Crippen LogP contribution in [0.5, 0.6) is 0 Å². The molecule has 3 amide bonds. The standard InChI is InChI=1S/C20H27N3O4/c1-13-8-4-5-9-14(13)16-17(27-12-15(24)23(16)2)18(25)22-20(19(21)26)10-6-3-7-11-20/h4-5,8-9,16-17H,3,6-7,10-12H2,1-2H3,(H2,21,26)(H,22,25)/t16-,17+/m1/s1. The number of morpholine rings is 1. The molecule has 2 aliphatic rings. The Kier molecular flexibility index (Phi) is 5.51. The van der Waals surface area contributed by atoms with Gasteiger partial charge in [0.1, 0.15) is 12.1 Å². The van der Waals surface area contributed by atoms with Crippen LogP contribution in [0.2, 0.25) is 0 Å². The molecule has 1 aliphatic heterocycles. The van der Waals surface area contributed by atoms with Crippen LogP contribution in [-0.4, -0.2) is 47.9 Å². The number of carbonyl (C=O) groups is 3. The minimum absolute atomic E-state index is 0.166. The fraction of sp³-hybridized carbons (Fsp3) is 0.550. The molecule has 0 bridgehead atoms. The Labute approximate surface area is 159 Å². The normalized spacial score (nSPS) is 25.1. The summed E-state index contributed by atoms with van der Waals surface area (Å²) in [5.74, 6) is -1.10. The summed E-state index contributed by atoms with van der Waals surface area (Å²) in [6.45, 7) is 1.77. The number of ether oxygens (including phenoxy) is 1. The largest absolute Gasteiger partial charge is 0.368 e. The smallest absolute Gasteiger partial charge is 0.252 e. The number of rotatable bonds is 4. The van der Waals surface area contributed by atoms with Crippen molar-refractivity contribution in [2.45, 2.75) is 56.7 Å². The second-order valence-corrected chi connectivity index (χ2v) is 7.53.